The number of rotatable bonds is 59. The van der Waals surface area contributed by atoms with E-state index in [9.17, 15) is 43.5 Å². The number of aliphatic hydroxyl groups is 2. The molecule has 0 aliphatic rings. The minimum Gasteiger partial charge on any atom is -0.463 e. The van der Waals surface area contributed by atoms with Crippen LogP contribution in [-0.4, -0.2) is 95.9 Å². The van der Waals surface area contributed by atoms with Crippen LogP contribution >= 0.6 is 15.6 Å². The standard InChI is InChI=1S/C63H112O16P2/c1-4-7-10-13-16-19-22-24-25-26-27-28-29-30-31-33-36-37-40-43-46-49-61(66)73-52-58(64)53-75-80(69,70)76-54-59(65)55-77-81(71,72)78-57-60(79-63(68)51-48-45-42-39-34-21-18-15-12-9-6-3)56-74-62(67)50-47-44-41-38-35-32-23-20-17-14-11-8-5-2/h7,10,16,19,24-25,27-28,30-31,36-37,58-60,64-65H,4-6,8-9,11-15,17-18,20-23,26,29,32-35,38-57H2,1-3H3,(H,69,70)(H,71,72)/b10-7-,19-16-,25-24-,28-27-,31-30-,37-36-. The van der Waals surface area contributed by atoms with Gasteiger partial charge in [0.15, 0.2) is 6.10 Å². The number of ether oxygens (including phenoxy) is 3. The number of phosphoric acid groups is 2. The molecular weight excluding hydrogens is 1070 g/mol. The number of phosphoric ester groups is 2. The van der Waals surface area contributed by atoms with Crippen molar-refractivity contribution in [3.05, 3.63) is 72.9 Å². The SMILES string of the molecule is CC/C=C\C/C=C\C/C=C\C/C=C\C/C=C\C/C=C\CCCCC(=O)OCC(O)COP(=O)(O)OCC(O)COP(=O)(O)OCC(COC(=O)CCCCCCCCCCCCCCC)OC(=O)CCCCCCCCCCCCC. The van der Waals surface area contributed by atoms with Crippen molar-refractivity contribution in [2.45, 2.75) is 270 Å². The fourth-order valence-corrected chi connectivity index (χ4v) is 9.75. The van der Waals surface area contributed by atoms with E-state index >= 15 is 0 Å². The van der Waals surface area contributed by atoms with E-state index in [4.69, 9.17) is 32.3 Å². The largest absolute Gasteiger partial charge is 0.472 e. The second kappa shape index (κ2) is 57.4. The van der Waals surface area contributed by atoms with Crippen LogP contribution in [-0.2, 0) is 55.8 Å². The molecule has 4 N–H and O–H groups in total. The van der Waals surface area contributed by atoms with E-state index in [2.05, 4.69) is 93.7 Å². The summed E-state index contributed by atoms with van der Waals surface area (Å²) in [4.78, 5) is 58.0. The molecule has 0 aromatic rings. The van der Waals surface area contributed by atoms with E-state index in [0.717, 1.165) is 96.3 Å². The highest BCUT2D eigenvalue weighted by Crippen LogP contribution is 2.45. The Bertz CT molecular complexity index is 1780. The first-order chi connectivity index (χ1) is 39.2. The van der Waals surface area contributed by atoms with Gasteiger partial charge >= 0.3 is 33.6 Å². The summed E-state index contributed by atoms with van der Waals surface area (Å²) in [5.41, 5.74) is 0. The molecule has 0 aliphatic heterocycles. The van der Waals surface area contributed by atoms with Gasteiger partial charge in [-0.15, -0.1) is 0 Å². The Labute approximate surface area is 490 Å². The number of esters is 3. The zero-order valence-electron chi connectivity index (χ0n) is 50.4. The van der Waals surface area contributed by atoms with Crippen LogP contribution in [0.3, 0.4) is 0 Å². The summed E-state index contributed by atoms with van der Waals surface area (Å²) >= 11 is 0. The van der Waals surface area contributed by atoms with Crippen molar-refractivity contribution in [2.24, 2.45) is 0 Å². The molecule has 0 amide bonds. The molecule has 0 rings (SSSR count). The first-order valence-corrected chi connectivity index (χ1v) is 34.2. The molecule has 0 heterocycles. The third kappa shape index (κ3) is 58.6. The monoisotopic (exact) mass is 1190 g/mol. The van der Waals surface area contributed by atoms with Gasteiger partial charge in [-0.3, -0.25) is 32.5 Å². The maximum atomic E-state index is 12.8. The zero-order valence-corrected chi connectivity index (χ0v) is 52.2. The van der Waals surface area contributed by atoms with E-state index in [0.29, 0.717) is 19.3 Å². The van der Waals surface area contributed by atoms with Crippen molar-refractivity contribution in [3.63, 3.8) is 0 Å². The van der Waals surface area contributed by atoms with E-state index in [1.165, 1.54) is 96.3 Å². The van der Waals surface area contributed by atoms with Crippen LogP contribution in [0, 0.1) is 0 Å². The third-order valence-electron chi connectivity index (χ3n) is 12.9. The third-order valence-corrected chi connectivity index (χ3v) is 14.8. The highest BCUT2D eigenvalue weighted by atomic mass is 31.2. The number of allylic oxidation sites excluding steroid dienone is 12. The summed E-state index contributed by atoms with van der Waals surface area (Å²) in [6, 6.07) is 0. The van der Waals surface area contributed by atoms with E-state index in [-0.39, 0.29) is 19.3 Å². The number of aliphatic hydroxyl groups excluding tert-OH is 2. The molecule has 0 spiro atoms. The highest BCUT2D eigenvalue weighted by molar-refractivity contribution is 7.47. The molecule has 0 bridgehead atoms. The van der Waals surface area contributed by atoms with Crippen molar-refractivity contribution >= 4 is 33.6 Å². The Morgan fingerprint density at radius 2 is 0.654 bits per heavy atom. The van der Waals surface area contributed by atoms with Gasteiger partial charge in [-0.1, -0.05) is 235 Å². The van der Waals surface area contributed by atoms with Crippen molar-refractivity contribution in [1.82, 2.24) is 0 Å². The van der Waals surface area contributed by atoms with E-state index in [1.54, 1.807) is 0 Å². The van der Waals surface area contributed by atoms with Gasteiger partial charge in [0, 0.05) is 19.3 Å². The lowest BCUT2D eigenvalue weighted by atomic mass is 10.0. The van der Waals surface area contributed by atoms with Gasteiger partial charge in [0.05, 0.1) is 26.4 Å². The predicted molar refractivity (Wildman–Crippen MR) is 325 cm³/mol. The normalized spacial score (nSPS) is 14.9. The first kappa shape index (κ1) is 78.0. The smallest absolute Gasteiger partial charge is 0.463 e. The molecule has 81 heavy (non-hydrogen) atoms. The molecule has 16 nitrogen and oxygen atoms in total. The van der Waals surface area contributed by atoms with Crippen LogP contribution < -0.4 is 0 Å². The average molecular weight is 1190 g/mol. The van der Waals surface area contributed by atoms with Crippen molar-refractivity contribution < 1.29 is 75.8 Å². The fraction of sp³-hybridized carbons (Fsp3) is 0.762. The number of carbonyl (C=O) groups is 3. The number of hydrogen-bond donors (Lipinski definition) is 4. The lowest BCUT2D eigenvalue weighted by Crippen LogP contribution is -2.30. The van der Waals surface area contributed by atoms with Crippen LogP contribution in [0.15, 0.2) is 72.9 Å². The van der Waals surface area contributed by atoms with Gasteiger partial charge in [-0.25, -0.2) is 9.13 Å². The van der Waals surface area contributed by atoms with Gasteiger partial charge in [-0.2, -0.15) is 0 Å². The van der Waals surface area contributed by atoms with E-state index in [1.807, 2.05) is 0 Å². The molecule has 0 saturated carbocycles. The van der Waals surface area contributed by atoms with Gasteiger partial charge in [0.1, 0.15) is 25.4 Å². The maximum absolute atomic E-state index is 12.8. The Balaban J connectivity index is 4.60. The second-order valence-corrected chi connectivity index (χ2v) is 23.8. The predicted octanol–water partition coefficient (Wildman–Crippen LogP) is 16.4. The molecule has 0 aromatic carbocycles. The topological polar surface area (TPSA) is 231 Å². The maximum Gasteiger partial charge on any atom is 0.472 e. The van der Waals surface area contributed by atoms with Gasteiger partial charge in [-0.05, 0) is 70.6 Å². The van der Waals surface area contributed by atoms with Crippen molar-refractivity contribution in [3.8, 4) is 0 Å². The Kier molecular flexibility index (Phi) is 55.3. The van der Waals surface area contributed by atoms with Crippen LogP contribution in [0.25, 0.3) is 0 Å². The van der Waals surface area contributed by atoms with Crippen LogP contribution in [0.2, 0.25) is 0 Å². The molecule has 18 heteroatoms. The second-order valence-electron chi connectivity index (χ2n) is 20.8. The number of unbranched alkanes of at least 4 members (excludes halogenated alkanes) is 24. The molecular formula is C63H112O16P2. The molecule has 5 unspecified atom stereocenters. The Morgan fingerprint density at radius 1 is 0.358 bits per heavy atom. The summed E-state index contributed by atoms with van der Waals surface area (Å²) in [6.45, 7) is 2.49. The highest BCUT2D eigenvalue weighted by Gasteiger charge is 2.29. The lowest BCUT2D eigenvalue weighted by Gasteiger charge is -2.21. The minimum atomic E-state index is -4.91. The molecule has 0 fully saturated rings. The summed E-state index contributed by atoms with van der Waals surface area (Å²) in [5.74, 6) is -1.61. The summed E-state index contributed by atoms with van der Waals surface area (Å²) in [6.07, 6.45) is 56.9. The number of carbonyl (C=O) groups excluding carboxylic acids is 3. The Morgan fingerprint density at radius 3 is 1.04 bits per heavy atom. The van der Waals surface area contributed by atoms with Gasteiger partial charge in [0.2, 0.25) is 0 Å². The van der Waals surface area contributed by atoms with E-state index < -0.39 is 91.5 Å². The summed E-state index contributed by atoms with van der Waals surface area (Å²) in [5, 5.41) is 20.5. The molecule has 0 aliphatic carbocycles. The molecule has 0 radical (unpaired) electrons. The summed E-state index contributed by atoms with van der Waals surface area (Å²) < 4.78 is 60.6. The fourth-order valence-electron chi connectivity index (χ4n) is 8.16. The lowest BCUT2D eigenvalue weighted by molar-refractivity contribution is -0.161. The average Bonchev–Trinajstić information content (AvgIpc) is 3.45. The first-order valence-electron chi connectivity index (χ1n) is 31.2. The quantitative estimate of drug-likeness (QED) is 0.0146. The van der Waals surface area contributed by atoms with Crippen LogP contribution in [0.4, 0.5) is 0 Å². The molecule has 0 aromatic heterocycles. The van der Waals surface area contributed by atoms with Gasteiger partial charge < -0.3 is 34.2 Å². The summed E-state index contributed by atoms with van der Waals surface area (Å²) in [7, 11) is -9.76. The van der Waals surface area contributed by atoms with Crippen LogP contribution in [0.5, 0.6) is 0 Å². The van der Waals surface area contributed by atoms with Crippen molar-refractivity contribution in [1.29, 1.82) is 0 Å². The molecule has 0 saturated heterocycles. The molecule has 5 atom stereocenters. The minimum absolute atomic E-state index is 0.109. The zero-order chi connectivity index (χ0) is 59.6. The molecule has 470 valence electrons. The van der Waals surface area contributed by atoms with Gasteiger partial charge in [0.25, 0.3) is 0 Å². The Hall–Kier alpha value is -3.01. The number of hydrogen-bond acceptors (Lipinski definition) is 14. The van der Waals surface area contributed by atoms with Crippen LogP contribution in [0.1, 0.15) is 252 Å². The van der Waals surface area contributed by atoms with Crippen molar-refractivity contribution in [2.75, 3.05) is 39.6 Å².